The highest BCUT2D eigenvalue weighted by Gasteiger charge is 2.28. The molecule has 2 aromatic rings. The minimum atomic E-state index is -3.69. The first kappa shape index (κ1) is 17.7. The van der Waals surface area contributed by atoms with Crippen LogP contribution in [0.2, 0.25) is 0 Å². The van der Waals surface area contributed by atoms with Crippen LogP contribution in [0.15, 0.2) is 53.4 Å². The number of Topliss-reactive ketones (excluding diaryl/α,β-unsaturated/α-hetero) is 1. The van der Waals surface area contributed by atoms with Gasteiger partial charge in [-0.25, -0.2) is 12.8 Å². The van der Waals surface area contributed by atoms with Crippen LogP contribution in [0.3, 0.4) is 0 Å². The van der Waals surface area contributed by atoms with E-state index >= 15 is 0 Å². The van der Waals surface area contributed by atoms with Gasteiger partial charge in [0.15, 0.2) is 5.78 Å². The summed E-state index contributed by atoms with van der Waals surface area (Å²) < 4.78 is 45.3. The van der Waals surface area contributed by atoms with Gasteiger partial charge in [-0.3, -0.25) is 4.79 Å². The second-order valence-corrected chi connectivity index (χ2v) is 7.64. The van der Waals surface area contributed by atoms with Crippen LogP contribution in [0.25, 0.3) is 0 Å². The topological polar surface area (TPSA) is 63.7 Å². The highest BCUT2D eigenvalue weighted by Crippen LogP contribution is 2.22. The van der Waals surface area contributed by atoms with Gasteiger partial charge in [0.05, 0.1) is 18.1 Å². The van der Waals surface area contributed by atoms with Crippen LogP contribution in [-0.4, -0.2) is 44.8 Å². The van der Waals surface area contributed by atoms with Gasteiger partial charge in [0.1, 0.15) is 5.82 Å². The fourth-order valence-corrected chi connectivity index (χ4v) is 4.37. The molecule has 1 saturated heterocycles. The van der Waals surface area contributed by atoms with E-state index in [1.807, 2.05) is 0 Å². The zero-order chi connectivity index (χ0) is 17.9. The SMILES string of the molecule is O=C(Cc1ccccc1S(=O)(=O)N1CCOCC1)c1ccc(F)cc1. The van der Waals surface area contributed by atoms with E-state index < -0.39 is 15.8 Å². The van der Waals surface area contributed by atoms with Crippen molar-refractivity contribution >= 4 is 15.8 Å². The molecule has 0 unspecified atom stereocenters. The van der Waals surface area contributed by atoms with Gasteiger partial charge in [-0.1, -0.05) is 18.2 Å². The van der Waals surface area contributed by atoms with Gasteiger partial charge in [-0.2, -0.15) is 4.31 Å². The highest BCUT2D eigenvalue weighted by molar-refractivity contribution is 7.89. The largest absolute Gasteiger partial charge is 0.379 e. The van der Waals surface area contributed by atoms with Crippen molar-refractivity contribution in [2.75, 3.05) is 26.3 Å². The summed E-state index contributed by atoms with van der Waals surface area (Å²) in [4.78, 5) is 12.6. The summed E-state index contributed by atoms with van der Waals surface area (Å²) in [5, 5.41) is 0. The Labute approximate surface area is 146 Å². The third-order valence-corrected chi connectivity index (χ3v) is 6.08. The summed E-state index contributed by atoms with van der Waals surface area (Å²) in [5.74, 6) is -0.684. The maximum Gasteiger partial charge on any atom is 0.243 e. The summed E-state index contributed by atoms with van der Waals surface area (Å²) >= 11 is 0. The summed E-state index contributed by atoms with van der Waals surface area (Å²) in [6, 6.07) is 11.7. The van der Waals surface area contributed by atoms with Crippen LogP contribution in [-0.2, 0) is 21.2 Å². The number of halogens is 1. The van der Waals surface area contributed by atoms with Crippen molar-refractivity contribution in [3.05, 3.63) is 65.5 Å². The predicted molar refractivity (Wildman–Crippen MR) is 90.5 cm³/mol. The molecule has 0 amide bonds. The van der Waals surface area contributed by atoms with Crippen LogP contribution in [0.5, 0.6) is 0 Å². The normalized spacial score (nSPS) is 15.9. The van der Waals surface area contributed by atoms with Gasteiger partial charge >= 0.3 is 0 Å². The average molecular weight is 363 g/mol. The van der Waals surface area contributed by atoms with Crippen LogP contribution in [0.4, 0.5) is 4.39 Å². The van der Waals surface area contributed by atoms with Gasteiger partial charge in [-0.05, 0) is 35.9 Å². The summed E-state index contributed by atoms with van der Waals surface area (Å²) in [7, 11) is -3.69. The zero-order valence-corrected chi connectivity index (χ0v) is 14.3. The Morgan fingerprint density at radius 1 is 1.04 bits per heavy atom. The molecule has 0 saturated carbocycles. The lowest BCUT2D eigenvalue weighted by Crippen LogP contribution is -2.41. The lowest BCUT2D eigenvalue weighted by atomic mass is 10.0. The predicted octanol–water partition coefficient (Wildman–Crippen LogP) is 2.27. The molecule has 1 heterocycles. The molecule has 1 aliphatic heterocycles. The van der Waals surface area contributed by atoms with E-state index in [1.165, 1.54) is 34.6 Å². The van der Waals surface area contributed by atoms with Crippen molar-refractivity contribution in [1.82, 2.24) is 4.31 Å². The van der Waals surface area contributed by atoms with E-state index in [4.69, 9.17) is 4.74 Å². The Morgan fingerprint density at radius 3 is 2.36 bits per heavy atom. The monoisotopic (exact) mass is 363 g/mol. The molecule has 2 aromatic carbocycles. The molecular weight excluding hydrogens is 345 g/mol. The van der Waals surface area contributed by atoms with Crippen LogP contribution in [0, 0.1) is 5.82 Å². The molecule has 1 fully saturated rings. The lowest BCUT2D eigenvalue weighted by Gasteiger charge is -2.26. The molecule has 1 aliphatic rings. The molecule has 0 N–H and O–H groups in total. The van der Waals surface area contributed by atoms with Crippen molar-refractivity contribution in [2.24, 2.45) is 0 Å². The molecule has 5 nitrogen and oxygen atoms in total. The molecule has 0 spiro atoms. The van der Waals surface area contributed by atoms with Crippen molar-refractivity contribution in [3.63, 3.8) is 0 Å². The third-order valence-electron chi connectivity index (χ3n) is 4.08. The minimum absolute atomic E-state index is 0.0641. The molecule has 25 heavy (non-hydrogen) atoms. The van der Waals surface area contributed by atoms with Gasteiger partial charge in [0.2, 0.25) is 10.0 Å². The Morgan fingerprint density at radius 2 is 1.68 bits per heavy atom. The third kappa shape index (κ3) is 3.95. The summed E-state index contributed by atoms with van der Waals surface area (Å²) in [6.45, 7) is 1.30. The van der Waals surface area contributed by atoms with E-state index in [2.05, 4.69) is 0 Å². The quantitative estimate of drug-likeness (QED) is 0.765. The number of morpholine rings is 1. The number of hydrogen-bond acceptors (Lipinski definition) is 4. The molecule has 132 valence electrons. The van der Waals surface area contributed by atoms with Gasteiger partial charge in [0.25, 0.3) is 0 Å². The number of nitrogens with zero attached hydrogens (tertiary/aromatic N) is 1. The van der Waals surface area contributed by atoms with Gasteiger partial charge in [-0.15, -0.1) is 0 Å². The first-order valence-corrected chi connectivity index (χ1v) is 9.37. The summed E-state index contributed by atoms with van der Waals surface area (Å²) in [6.07, 6.45) is -0.0641. The number of benzene rings is 2. The van der Waals surface area contributed by atoms with Crippen LogP contribution in [0.1, 0.15) is 15.9 Å². The molecule has 0 radical (unpaired) electrons. The maximum absolute atomic E-state index is 13.0. The number of rotatable bonds is 5. The van der Waals surface area contributed by atoms with Crippen molar-refractivity contribution in [2.45, 2.75) is 11.3 Å². The lowest BCUT2D eigenvalue weighted by molar-refractivity contribution is 0.0730. The van der Waals surface area contributed by atoms with Crippen LogP contribution >= 0.6 is 0 Å². The molecule has 7 heteroatoms. The minimum Gasteiger partial charge on any atom is -0.379 e. The highest BCUT2D eigenvalue weighted by atomic mass is 32.2. The van der Waals surface area contributed by atoms with Crippen LogP contribution < -0.4 is 0 Å². The van der Waals surface area contributed by atoms with Crippen molar-refractivity contribution in [3.8, 4) is 0 Å². The fourth-order valence-electron chi connectivity index (χ4n) is 2.74. The summed E-state index contributed by atoms with van der Waals surface area (Å²) in [5.41, 5.74) is 0.781. The standard InChI is InChI=1S/C18H18FNO4S/c19-16-7-5-14(6-8-16)17(21)13-15-3-1-2-4-18(15)25(22,23)20-9-11-24-12-10-20/h1-8H,9-13H2. The first-order chi connectivity index (χ1) is 12.0. The maximum atomic E-state index is 13.0. The molecule has 0 aromatic heterocycles. The second-order valence-electron chi connectivity index (χ2n) is 5.73. The van der Waals surface area contributed by atoms with E-state index in [-0.39, 0.29) is 17.1 Å². The van der Waals surface area contributed by atoms with E-state index in [0.717, 1.165) is 0 Å². The van der Waals surface area contributed by atoms with E-state index in [0.29, 0.717) is 37.4 Å². The second kappa shape index (κ2) is 7.43. The number of hydrogen-bond donors (Lipinski definition) is 0. The molecule has 0 atom stereocenters. The number of sulfonamides is 1. The Balaban J connectivity index is 1.88. The molecule has 0 bridgehead atoms. The fraction of sp³-hybridized carbons (Fsp3) is 0.278. The number of ether oxygens (including phenoxy) is 1. The molecule has 3 rings (SSSR count). The number of ketones is 1. The number of carbonyl (C=O) groups excluding carboxylic acids is 1. The molecular formula is C18H18FNO4S. The molecule has 0 aliphatic carbocycles. The first-order valence-electron chi connectivity index (χ1n) is 7.93. The van der Waals surface area contributed by atoms with Crippen molar-refractivity contribution in [1.29, 1.82) is 0 Å². The average Bonchev–Trinajstić information content (AvgIpc) is 2.63. The van der Waals surface area contributed by atoms with E-state index in [9.17, 15) is 17.6 Å². The Hall–Kier alpha value is -2.09. The number of carbonyl (C=O) groups is 1. The van der Waals surface area contributed by atoms with Crippen molar-refractivity contribution < 1.29 is 22.3 Å². The van der Waals surface area contributed by atoms with E-state index in [1.54, 1.807) is 18.2 Å². The Bertz CT molecular complexity index is 859. The Kier molecular flexibility index (Phi) is 5.27. The van der Waals surface area contributed by atoms with Gasteiger partial charge < -0.3 is 4.74 Å². The van der Waals surface area contributed by atoms with Gasteiger partial charge in [0, 0.05) is 25.1 Å². The smallest absolute Gasteiger partial charge is 0.243 e. The zero-order valence-electron chi connectivity index (χ0n) is 13.5.